The maximum Gasteiger partial charge on any atom is 0.153 e. The molecule has 1 heterocycles. The Balaban J connectivity index is 2.01. The lowest BCUT2D eigenvalue weighted by Gasteiger charge is -2.29. The predicted octanol–water partition coefficient (Wildman–Crippen LogP) is 2.37. The zero-order valence-corrected chi connectivity index (χ0v) is 13.8. The van der Waals surface area contributed by atoms with Crippen molar-refractivity contribution in [3.05, 3.63) is 29.8 Å². The van der Waals surface area contributed by atoms with Crippen molar-refractivity contribution in [1.82, 2.24) is 5.32 Å². The number of anilines is 1. The Bertz CT molecular complexity index is 526. The Labute approximate surface area is 128 Å². The standard InChI is InChI=1S/C16H26N2O2S/c1-3-9-17-16(4-2)14-5-7-15(8-6-14)18-10-12-21(19,20)13-11-18/h5-8,16-17H,3-4,9-13H2,1-2H3. The van der Waals surface area contributed by atoms with Crippen molar-refractivity contribution in [3.63, 3.8) is 0 Å². The largest absolute Gasteiger partial charge is 0.369 e. The van der Waals surface area contributed by atoms with Crippen LogP contribution in [-0.2, 0) is 9.84 Å². The fourth-order valence-electron chi connectivity index (χ4n) is 2.70. The molecule has 1 aliphatic heterocycles. The van der Waals surface area contributed by atoms with Crippen LogP contribution in [0.5, 0.6) is 0 Å². The maximum absolute atomic E-state index is 11.5. The number of nitrogens with one attached hydrogen (secondary N) is 1. The smallest absolute Gasteiger partial charge is 0.153 e. The van der Waals surface area contributed by atoms with E-state index in [1.165, 1.54) is 5.56 Å². The molecule has 0 bridgehead atoms. The van der Waals surface area contributed by atoms with E-state index in [2.05, 4.69) is 48.3 Å². The summed E-state index contributed by atoms with van der Waals surface area (Å²) in [5.74, 6) is 0.536. The van der Waals surface area contributed by atoms with Crippen LogP contribution in [0.4, 0.5) is 5.69 Å². The minimum Gasteiger partial charge on any atom is -0.369 e. The molecule has 0 amide bonds. The molecule has 0 aliphatic carbocycles. The van der Waals surface area contributed by atoms with Crippen LogP contribution >= 0.6 is 0 Å². The molecule has 2 rings (SSSR count). The molecule has 4 nitrogen and oxygen atoms in total. The number of nitrogens with zero attached hydrogens (tertiary/aromatic N) is 1. The lowest BCUT2D eigenvalue weighted by atomic mass is 10.0. The molecule has 1 aliphatic rings. The highest BCUT2D eigenvalue weighted by molar-refractivity contribution is 7.91. The van der Waals surface area contributed by atoms with Crippen molar-refractivity contribution < 1.29 is 8.42 Å². The van der Waals surface area contributed by atoms with Gasteiger partial charge in [0.2, 0.25) is 0 Å². The van der Waals surface area contributed by atoms with Crippen LogP contribution < -0.4 is 10.2 Å². The molecule has 1 aromatic carbocycles. The van der Waals surface area contributed by atoms with Crippen LogP contribution in [-0.4, -0.2) is 39.6 Å². The highest BCUT2D eigenvalue weighted by atomic mass is 32.2. The van der Waals surface area contributed by atoms with Crippen LogP contribution in [0, 0.1) is 0 Å². The van der Waals surface area contributed by atoms with Gasteiger partial charge in [-0.2, -0.15) is 0 Å². The molecule has 0 saturated carbocycles. The summed E-state index contributed by atoms with van der Waals surface area (Å²) in [6.45, 7) is 6.61. The summed E-state index contributed by atoms with van der Waals surface area (Å²) >= 11 is 0. The molecule has 1 unspecified atom stereocenters. The van der Waals surface area contributed by atoms with Gasteiger partial charge in [-0.25, -0.2) is 8.42 Å². The number of rotatable bonds is 6. The monoisotopic (exact) mass is 310 g/mol. The summed E-state index contributed by atoms with van der Waals surface area (Å²) in [5, 5.41) is 3.55. The lowest BCUT2D eigenvalue weighted by Crippen LogP contribution is -2.40. The van der Waals surface area contributed by atoms with Gasteiger partial charge < -0.3 is 10.2 Å². The molecule has 1 fully saturated rings. The summed E-state index contributed by atoms with van der Waals surface area (Å²) in [6.07, 6.45) is 2.21. The number of hydrogen-bond acceptors (Lipinski definition) is 4. The lowest BCUT2D eigenvalue weighted by molar-refractivity contribution is 0.518. The number of sulfone groups is 1. The summed E-state index contributed by atoms with van der Waals surface area (Å²) in [4.78, 5) is 2.16. The Morgan fingerprint density at radius 1 is 1.14 bits per heavy atom. The minimum atomic E-state index is -2.81. The molecule has 1 saturated heterocycles. The Kier molecular flexibility index (Phi) is 5.65. The maximum atomic E-state index is 11.5. The SMILES string of the molecule is CCCNC(CC)c1ccc(N2CCS(=O)(=O)CC2)cc1. The molecule has 1 aromatic rings. The van der Waals surface area contributed by atoms with Gasteiger partial charge in [-0.05, 0) is 37.1 Å². The van der Waals surface area contributed by atoms with Crippen LogP contribution in [0.15, 0.2) is 24.3 Å². The highest BCUT2D eigenvalue weighted by Crippen LogP contribution is 2.22. The van der Waals surface area contributed by atoms with Crippen LogP contribution in [0.25, 0.3) is 0 Å². The topological polar surface area (TPSA) is 49.4 Å². The predicted molar refractivity (Wildman–Crippen MR) is 88.6 cm³/mol. The molecule has 0 radical (unpaired) electrons. The van der Waals surface area contributed by atoms with Gasteiger partial charge in [-0.3, -0.25) is 0 Å². The van der Waals surface area contributed by atoms with Gasteiger partial charge in [0.1, 0.15) is 0 Å². The molecular formula is C16H26N2O2S. The first-order valence-electron chi connectivity index (χ1n) is 7.84. The third-order valence-electron chi connectivity index (χ3n) is 4.05. The Morgan fingerprint density at radius 3 is 2.29 bits per heavy atom. The summed E-state index contributed by atoms with van der Waals surface area (Å²) in [5.41, 5.74) is 2.43. The second kappa shape index (κ2) is 7.27. The third kappa shape index (κ3) is 4.45. The molecule has 1 atom stereocenters. The van der Waals surface area contributed by atoms with Crippen molar-refractivity contribution in [1.29, 1.82) is 0 Å². The highest BCUT2D eigenvalue weighted by Gasteiger charge is 2.21. The molecule has 0 aromatic heterocycles. The first-order chi connectivity index (χ1) is 10.1. The first-order valence-corrected chi connectivity index (χ1v) is 9.66. The van der Waals surface area contributed by atoms with Gasteiger partial charge in [0.15, 0.2) is 9.84 Å². The van der Waals surface area contributed by atoms with Crippen molar-refractivity contribution in [3.8, 4) is 0 Å². The zero-order chi connectivity index (χ0) is 15.3. The third-order valence-corrected chi connectivity index (χ3v) is 5.66. The van der Waals surface area contributed by atoms with Gasteiger partial charge in [0, 0.05) is 24.8 Å². The van der Waals surface area contributed by atoms with Crippen molar-refractivity contribution in [2.24, 2.45) is 0 Å². The van der Waals surface area contributed by atoms with Gasteiger partial charge in [0.05, 0.1) is 11.5 Å². The van der Waals surface area contributed by atoms with E-state index in [-0.39, 0.29) is 11.5 Å². The van der Waals surface area contributed by atoms with Crippen LogP contribution in [0.3, 0.4) is 0 Å². The minimum absolute atomic E-state index is 0.268. The van der Waals surface area contributed by atoms with E-state index >= 15 is 0 Å². The van der Waals surface area contributed by atoms with E-state index in [1.807, 2.05) is 0 Å². The summed E-state index contributed by atoms with van der Waals surface area (Å²) in [7, 11) is -2.81. The van der Waals surface area contributed by atoms with Gasteiger partial charge in [0.25, 0.3) is 0 Å². The van der Waals surface area contributed by atoms with E-state index in [1.54, 1.807) is 0 Å². The fraction of sp³-hybridized carbons (Fsp3) is 0.625. The molecule has 21 heavy (non-hydrogen) atoms. The normalized spacial score (nSPS) is 19.4. The molecule has 118 valence electrons. The average Bonchev–Trinajstić information content (AvgIpc) is 2.49. The first kappa shape index (κ1) is 16.3. The van der Waals surface area contributed by atoms with E-state index in [0.717, 1.165) is 25.1 Å². The van der Waals surface area contributed by atoms with Crippen molar-refractivity contribution in [2.75, 3.05) is 36.0 Å². The van der Waals surface area contributed by atoms with E-state index in [4.69, 9.17) is 0 Å². The molecule has 1 N–H and O–H groups in total. The quantitative estimate of drug-likeness (QED) is 0.876. The second-order valence-electron chi connectivity index (χ2n) is 5.65. The molecule has 5 heteroatoms. The molecule has 0 spiro atoms. The average molecular weight is 310 g/mol. The second-order valence-corrected chi connectivity index (χ2v) is 7.95. The van der Waals surface area contributed by atoms with Crippen molar-refractivity contribution >= 4 is 15.5 Å². The fourth-order valence-corrected chi connectivity index (χ4v) is 3.91. The van der Waals surface area contributed by atoms with Crippen LogP contribution in [0.1, 0.15) is 38.3 Å². The molecular weight excluding hydrogens is 284 g/mol. The number of hydrogen-bond donors (Lipinski definition) is 1. The van der Waals surface area contributed by atoms with Crippen LogP contribution in [0.2, 0.25) is 0 Å². The van der Waals surface area contributed by atoms with E-state index in [9.17, 15) is 8.42 Å². The summed E-state index contributed by atoms with van der Waals surface area (Å²) < 4.78 is 23.0. The van der Waals surface area contributed by atoms with Crippen molar-refractivity contribution in [2.45, 2.75) is 32.7 Å². The van der Waals surface area contributed by atoms with E-state index < -0.39 is 9.84 Å². The van der Waals surface area contributed by atoms with E-state index in [0.29, 0.717) is 19.1 Å². The summed E-state index contributed by atoms with van der Waals surface area (Å²) in [6, 6.07) is 8.96. The Hall–Kier alpha value is -1.07. The zero-order valence-electron chi connectivity index (χ0n) is 13.0. The van der Waals surface area contributed by atoms with Gasteiger partial charge in [-0.15, -0.1) is 0 Å². The Morgan fingerprint density at radius 2 is 1.76 bits per heavy atom. The van der Waals surface area contributed by atoms with Gasteiger partial charge >= 0.3 is 0 Å². The van der Waals surface area contributed by atoms with Gasteiger partial charge in [-0.1, -0.05) is 26.0 Å². The number of benzene rings is 1.